The SMILES string of the molecule is NCCCNS(=O)(=O)c1ccc(-c2c[nH]c3cc(F)ccc23)cc1C(F)(F)F. The second-order valence-electron chi connectivity index (χ2n) is 6.14. The Hall–Kier alpha value is -2.43. The number of alkyl halides is 3. The molecule has 0 spiro atoms. The minimum Gasteiger partial charge on any atom is -0.360 e. The van der Waals surface area contributed by atoms with Crippen LogP contribution in [-0.2, 0) is 16.2 Å². The summed E-state index contributed by atoms with van der Waals surface area (Å²) in [6, 6.07) is 6.87. The van der Waals surface area contributed by atoms with Crippen molar-refractivity contribution in [1.82, 2.24) is 9.71 Å². The Morgan fingerprint density at radius 1 is 1.11 bits per heavy atom. The lowest BCUT2D eigenvalue weighted by atomic mass is 10.0. The summed E-state index contributed by atoms with van der Waals surface area (Å²) in [5.74, 6) is -0.484. The molecule has 0 unspecified atom stereocenters. The topological polar surface area (TPSA) is 88.0 Å². The average molecular weight is 415 g/mol. The normalized spacial score (nSPS) is 12.6. The fourth-order valence-corrected chi connectivity index (χ4v) is 4.16. The summed E-state index contributed by atoms with van der Waals surface area (Å²) < 4.78 is 80.9. The van der Waals surface area contributed by atoms with Crippen LogP contribution in [-0.4, -0.2) is 26.5 Å². The molecule has 0 aliphatic carbocycles. The maximum Gasteiger partial charge on any atom is 0.417 e. The Labute approximate surface area is 158 Å². The predicted molar refractivity (Wildman–Crippen MR) is 97.6 cm³/mol. The number of benzene rings is 2. The molecule has 0 bridgehead atoms. The Bertz CT molecular complexity index is 1110. The summed E-state index contributed by atoms with van der Waals surface area (Å²) in [5, 5.41) is 0.520. The van der Waals surface area contributed by atoms with E-state index < -0.39 is 32.5 Å². The van der Waals surface area contributed by atoms with Gasteiger partial charge in [0.2, 0.25) is 10.0 Å². The molecular weight excluding hydrogens is 398 g/mol. The van der Waals surface area contributed by atoms with Crippen molar-refractivity contribution in [2.75, 3.05) is 13.1 Å². The summed E-state index contributed by atoms with van der Waals surface area (Å²) >= 11 is 0. The zero-order chi connectivity index (χ0) is 20.5. The fourth-order valence-electron chi connectivity index (χ4n) is 2.88. The van der Waals surface area contributed by atoms with Gasteiger partial charge in [-0.2, -0.15) is 13.2 Å². The second-order valence-corrected chi connectivity index (χ2v) is 7.88. The van der Waals surface area contributed by atoms with Crippen molar-refractivity contribution in [2.45, 2.75) is 17.5 Å². The Morgan fingerprint density at radius 2 is 1.86 bits per heavy atom. The van der Waals surface area contributed by atoms with E-state index >= 15 is 0 Å². The maximum absolute atomic E-state index is 13.6. The molecule has 0 atom stereocenters. The third-order valence-corrected chi connectivity index (χ3v) is 5.72. The molecule has 0 saturated carbocycles. The van der Waals surface area contributed by atoms with Crippen molar-refractivity contribution >= 4 is 20.9 Å². The van der Waals surface area contributed by atoms with E-state index in [0.29, 0.717) is 22.9 Å². The van der Waals surface area contributed by atoms with Crippen LogP contribution in [0.3, 0.4) is 0 Å². The first-order valence-corrected chi connectivity index (χ1v) is 9.80. The molecule has 1 heterocycles. The van der Waals surface area contributed by atoms with Crippen LogP contribution < -0.4 is 10.5 Å². The van der Waals surface area contributed by atoms with Gasteiger partial charge < -0.3 is 10.7 Å². The lowest BCUT2D eigenvalue weighted by Gasteiger charge is -2.15. The highest BCUT2D eigenvalue weighted by atomic mass is 32.2. The number of aromatic amines is 1. The number of fused-ring (bicyclic) bond motifs is 1. The number of halogens is 4. The summed E-state index contributed by atoms with van der Waals surface area (Å²) in [6.07, 6.45) is -3.13. The largest absolute Gasteiger partial charge is 0.417 e. The Morgan fingerprint density at radius 3 is 2.54 bits per heavy atom. The Balaban J connectivity index is 2.11. The number of aromatic nitrogens is 1. The van der Waals surface area contributed by atoms with Crippen molar-refractivity contribution in [3.8, 4) is 11.1 Å². The van der Waals surface area contributed by atoms with Gasteiger partial charge in [0.05, 0.1) is 10.5 Å². The maximum atomic E-state index is 13.6. The molecule has 4 N–H and O–H groups in total. The molecule has 0 amide bonds. The average Bonchev–Trinajstić information content (AvgIpc) is 3.03. The zero-order valence-corrected chi connectivity index (χ0v) is 15.3. The van der Waals surface area contributed by atoms with Crippen LogP contribution in [0.1, 0.15) is 12.0 Å². The predicted octanol–water partition coefficient (Wildman–Crippen LogP) is 3.62. The molecule has 0 aliphatic heterocycles. The van der Waals surface area contributed by atoms with Gasteiger partial charge in [-0.05, 0) is 48.9 Å². The first-order chi connectivity index (χ1) is 13.1. The van der Waals surface area contributed by atoms with Crippen LogP contribution in [0.4, 0.5) is 17.6 Å². The lowest BCUT2D eigenvalue weighted by molar-refractivity contribution is -0.139. The molecule has 10 heteroatoms. The van der Waals surface area contributed by atoms with Crippen molar-refractivity contribution in [1.29, 1.82) is 0 Å². The van der Waals surface area contributed by atoms with E-state index in [2.05, 4.69) is 9.71 Å². The van der Waals surface area contributed by atoms with Gasteiger partial charge in [0.25, 0.3) is 0 Å². The number of hydrogen-bond acceptors (Lipinski definition) is 3. The first-order valence-electron chi connectivity index (χ1n) is 8.31. The number of nitrogens with two attached hydrogens (primary N) is 1. The molecular formula is C18H17F4N3O2S. The summed E-state index contributed by atoms with van der Waals surface area (Å²) in [4.78, 5) is 1.95. The van der Waals surface area contributed by atoms with E-state index in [1.165, 1.54) is 30.5 Å². The van der Waals surface area contributed by atoms with E-state index in [0.717, 1.165) is 12.1 Å². The van der Waals surface area contributed by atoms with Crippen molar-refractivity contribution in [3.05, 3.63) is 54.0 Å². The van der Waals surface area contributed by atoms with Crippen LogP contribution in [0.2, 0.25) is 0 Å². The van der Waals surface area contributed by atoms with Gasteiger partial charge in [-0.1, -0.05) is 6.07 Å². The van der Waals surface area contributed by atoms with Crippen LogP contribution in [0.5, 0.6) is 0 Å². The minimum atomic E-state index is -4.88. The van der Waals surface area contributed by atoms with Crippen molar-refractivity contribution < 1.29 is 26.0 Å². The second kappa shape index (κ2) is 7.53. The first kappa shape index (κ1) is 20.3. The number of rotatable bonds is 6. The highest BCUT2D eigenvalue weighted by Gasteiger charge is 2.37. The van der Waals surface area contributed by atoms with E-state index in [-0.39, 0.29) is 18.7 Å². The standard InChI is InChI=1S/C18H17F4N3O2S/c19-12-3-4-13-14(10-24-16(13)9-12)11-2-5-17(15(8-11)18(20,21)22)28(26,27)25-7-1-6-23/h2-5,8-10,24-25H,1,6-7,23H2. The highest BCUT2D eigenvalue weighted by molar-refractivity contribution is 7.89. The smallest absolute Gasteiger partial charge is 0.360 e. The van der Waals surface area contributed by atoms with Crippen LogP contribution >= 0.6 is 0 Å². The van der Waals surface area contributed by atoms with Gasteiger partial charge in [0.1, 0.15) is 5.82 Å². The Kier molecular flexibility index (Phi) is 5.46. The molecule has 0 aliphatic rings. The van der Waals surface area contributed by atoms with E-state index in [1.807, 2.05) is 0 Å². The number of sulfonamides is 1. The molecule has 3 rings (SSSR count). The molecule has 2 aromatic carbocycles. The third kappa shape index (κ3) is 4.03. The van der Waals surface area contributed by atoms with Crippen LogP contribution in [0.25, 0.3) is 22.0 Å². The van der Waals surface area contributed by atoms with Gasteiger partial charge in [-0.15, -0.1) is 0 Å². The molecule has 0 saturated heterocycles. The number of H-pyrrole nitrogens is 1. The molecule has 0 radical (unpaired) electrons. The summed E-state index contributed by atoms with van der Waals surface area (Å²) in [7, 11) is -4.36. The fraction of sp³-hybridized carbons (Fsp3) is 0.222. The van der Waals surface area contributed by atoms with Gasteiger partial charge in [-0.3, -0.25) is 0 Å². The highest BCUT2D eigenvalue weighted by Crippen LogP contribution is 2.38. The van der Waals surface area contributed by atoms with Crippen molar-refractivity contribution in [3.63, 3.8) is 0 Å². The molecule has 5 nitrogen and oxygen atoms in total. The minimum absolute atomic E-state index is 0.0636. The lowest BCUT2D eigenvalue weighted by Crippen LogP contribution is -2.28. The quantitative estimate of drug-likeness (QED) is 0.424. The number of hydrogen-bond donors (Lipinski definition) is 3. The third-order valence-electron chi connectivity index (χ3n) is 4.20. The van der Waals surface area contributed by atoms with E-state index in [4.69, 9.17) is 5.73 Å². The molecule has 3 aromatic rings. The van der Waals surface area contributed by atoms with Gasteiger partial charge in [0.15, 0.2) is 0 Å². The van der Waals surface area contributed by atoms with Crippen LogP contribution in [0, 0.1) is 5.82 Å². The van der Waals surface area contributed by atoms with E-state index in [1.54, 1.807) is 0 Å². The molecule has 28 heavy (non-hydrogen) atoms. The van der Waals surface area contributed by atoms with Gasteiger partial charge in [0, 0.05) is 29.2 Å². The van der Waals surface area contributed by atoms with Crippen molar-refractivity contribution in [2.24, 2.45) is 5.73 Å². The molecule has 1 aromatic heterocycles. The monoisotopic (exact) mass is 415 g/mol. The molecule has 0 fully saturated rings. The summed E-state index contributed by atoms with van der Waals surface area (Å²) in [6.45, 7) is 0.140. The summed E-state index contributed by atoms with van der Waals surface area (Å²) in [5.41, 5.74) is 4.99. The zero-order valence-electron chi connectivity index (χ0n) is 14.5. The van der Waals surface area contributed by atoms with E-state index in [9.17, 15) is 26.0 Å². The van der Waals surface area contributed by atoms with Gasteiger partial charge >= 0.3 is 6.18 Å². The number of nitrogens with one attached hydrogen (secondary N) is 2. The van der Waals surface area contributed by atoms with Crippen LogP contribution in [0.15, 0.2) is 47.5 Å². The molecule has 150 valence electrons. The van der Waals surface area contributed by atoms with Gasteiger partial charge in [-0.25, -0.2) is 17.5 Å².